The Morgan fingerprint density at radius 1 is 0.833 bits per heavy atom. The zero-order chi connectivity index (χ0) is 25.3. The van der Waals surface area contributed by atoms with E-state index in [0.717, 1.165) is 44.1 Å². The molecule has 0 heterocycles. The first-order valence-electron chi connectivity index (χ1n) is 13.7. The summed E-state index contributed by atoms with van der Waals surface area (Å²) in [6, 6.07) is 23.1. The van der Waals surface area contributed by atoms with Crippen LogP contribution in [0.3, 0.4) is 0 Å². The molecule has 0 aromatic heterocycles. The maximum atomic E-state index is 14.6. The lowest BCUT2D eigenvalue weighted by Gasteiger charge is -2.29. The molecule has 0 amide bonds. The normalized spacial score (nSPS) is 19.0. The van der Waals surface area contributed by atoms with Crippen molar-refractivity contribution in [3.63, 3.8) is 0 Å². The number of rotatable bonds is 10. The van der Waals surface area contributed by atoms with E-state index in [1.807, 2.05) is 19.1 Å². The highest BCUT2D eigenvalue weighted by Crippen LogP contribution is 2.38. The van der Waals surface area contributed by atoms with Crippen molar-refractivity contribution >= 4 is 0 Å². The first-order chi connectivity index (χ1) is 17.5. The molecule has 1 saturated carbocycles. The van der Waals surface area contributed by atoms with E-state index in [4.69, 9.17) is 0 Å². The SMILES string of the molecule is C/C=C/CCc1c(F)cc(C2CCC(CCc3ccc(C[C@@H](C)c4ccccc4)cc3)CC2)cc1F. The summed E-state index contributed by atoms with van der Waals surface area (Å²) in [5.74, 6) is 0.745. The van der Waals surface area contributed by atoms with Gasteiger partial charge in [0.05, 0.1) is 0 Å². The van der Waals surface area contributed by atoms with E-state index in [1.165, 1.54) is 23.1 Å². The molecule has 190 valence electrons. The Kier molecular flexibility index (Phi) is 9.50. The highest BCUT2D eigenvalue weighted by atomic mass is 19.1. The number of halogens is 2. The predicted molar refractivity (Wildman–Crippen MR) is 148 cm³/mol. The molecule has 0 nitrogen and oxygen atoms in total. The Morgan fingerprint density at radius 2 is 1.47 bits per heavy atom. The molecule has 1 atom stereocenters. The summed E-state index contributed by atoms with van der Waals surface area (Å²) >= 11 is 0. The molecule has 4 rings (SSSR count). The van der Waals surface area contributed by atoms with Gasteiger partial charge in [0, 0.05) is 5.56 Å². The van der Waals surface area contributed by atoms with Gasteiger partial charge in [-0.25, -0.2) is 8.78 Å². The highest BCUT2D eigenvalue weighted by molar-refractivity contribution is 5.30. The second-order valence-electron chi connectivity index (χ2n) is 10.7. The van der Waals surface area contributed by atoms with Gasteiger partial charge in [-0.1, -0.05) is 73.7 Å². The Morgan fingerprint density at radius 3 is 2.11 bits per heavy atom. The molecule has 3 aromatic rings. The third-order valence-electron chi connectivity index (χ3n) is 8.05. The van der Waals surface area contributed by atoms with E-state index in [-0.39, 0.29) is 23.1 Å². The first-order valence-corrected chi connectivity index (χ1v) is 13.7. The molecule has 0 N–H and O–H groups in total. The third kappa shape index (κ3) is 7.15. The highest BCUT2D eigenvalue weighted by Gasteiger charge is 2.24. The van der Waals surface area contributed by atoms with E-state index >= 15 is 0 Å². The number of aryl methyl sites for hydroxylation is 1. The minimum absolute atomic E-state index is 0.228. The van der Waals surface area contributed by atoms with Crippen LogP contribution >= 0.6 is 0 Å². The number of benzene rings is 3. The Balaban J connectivity index is 1.24. The number of hydrogen-bond acceptors (Lipinski definition) is 0. The van der Waals surface area contributed by atoms with E-state index in [9.17, 15) is 8.78 Å². The zero-order valence-corrected chi connectivity index (χ0v) is 21.9. The van der Waals surface area contributed by atoms with Gasteiger partial charge < -0.3 is 0 Å². The molecule has 0 spiro atoms. The first kappa shape index (κ1) is 26.3. The van der Waals surface area contributed by atoms with Gasteiger partial charge in [-0.15, -0.1) is 0 Å². The molecule has 1 fully saturated rings. The standard InChI is InChI=1S/C34H40F2/c1-3-4-6-11-32-33(35)23-31(24-34(32)36)30-20-18-27(19-21-30)13-12-26-14-16-28(17-15-26)22-25(2)29-9-7-5-8-10-29/h3-5,7-10,14-17,23-25,27,30H,6,11-13,18-22H2,1-2H3/b4-3+/t25-,27?,30?/m1/s1. The molecule has 0 saturated heterocycles. The predicted octanol–water partition coefficient (Wildman–Crippen LogP) is 9.73. The van der Waals surface area contributed by atoms with Crippen LogP contribution in [0, 0.1) is 17.6 Å². The molecule has 2 heteroatoms. The van der Waals surface area contributed by atoms with Crippen molar-refractivity contribution in [2.45, 2.75) is 83.5 Å². The van der Waals surface area contributed by atoms with Gasteiger partial charge in [0.25, 0.3) is 0 Å². The van der Waals surface area contributed by atoms with E-state index in [1.54, 1.807) is 12.1 Å². The van der Waals surface area contributed by atoms with Gasteiger partial charge in [0.15, 0.2) is 0 Å². The Labute approximate surface area is 216 Å². The largest absolute Gasteiger partial charge is 0.207 e. The average molecular weight is 487 g/mol. The molecule has 1 aliphatic carbocycles. The Hall–Kier alpha value is -2.74. The monoisotopic (exact) mass is 486 g/mol. The van der Waals surface area contributed by atoms with Gasteiger partial charge >= 0.3 is 0 Å². The summed E-state index contributed by atoms with van der Waals surface area (Å²) < 4.78 is 29.2. The lowest BCUT2D eigenvalue weighted by molar-refractivity contribution is 0.309. The molecule has 36 heavy (non-hydrogen) atoms. The fourth-order valence-corrected chi connectivity index (χ4v) is 5.74. The van der Waals surface area contributed by atoms with E-state index in [0.29, 0.717) is 24.7 Å². The van der Waals surface area contributed by atoms with Crippen LogP contribution < -0.4 is 0 Å². The molecule has 0 aliphatic heterocycles. The summed E-state index contributed by atoms with van der Waals surface area (Å²) in [5, 5.41) is 0. The quantitative estimate of drug-likeness (QED) is 0.250. The molecule has 1 aliphatic rings. The summed E-state index contributed by atoms with van der Waals surface area (Å²) in [7, 11) is 0. The summed E-state index contributed by atoms with van der Waals surface area (Å²) in [6.45, 7) is 4.22. The fourth-order valence-electron chi connectivity index (χ4n) is 5.74. The fraction of sp³-hybridized carbons (Fsp3) is 0.412. The minimum atomic E-state index is -0.377. The molecule has 0 unspecified atom stereocenters. The Bertz CT molecular complexity index is 1080. The van der Waals surface area contributed by atoms with Gasteiger partial charge in [-0.3, -0.25) is 0 Å². The smallest absolute Gasteiger partial charge is 0.129 e. The van der Waals surface area contributed by atoms with Crippen molar-refractivity contribution in [1.82, 2.24) is 0 Å². The molecular weight excluding hydrogens is 446 g/mol. The van der Waals surface area contributed by atoms with Crippen molar-refractivity contribution < 1.29 is 8.78 Å². The lowest BCUT2D eigenvalue weighted by atomic mass is 9.76. The van der Waals surface area contributed by atoms with Crippen LogP contribution in [0.25, 0.3) is 0 Å². The number of hydrogen-bond donors (Lipinski definition) is 0. The molecule has 0 bridgehead atoms. The van der Waals surface area contributed by atoms with Crippen LogP contribution in [0.5, 0.6) is 0 Å². The van der Waals surface area contributed by atoms with Gasteiger partial charge in [-0.2, -0.15) is 0 Å². The average Bonchev–Trinajstić information content (AvgIpc) is 2.90. The van der Waals surface area contributed by atoms with Crippen molar-refractivity contribution in [3.8, 4) is 0 Å². The number of allylic oxidation sites excluding steroid dienone is 2. The van der Waals surface area contributed by atoms with Crippen LogP contribution in [-0.2, 0) is 19.3 Å². The van der Waals surface area contributed by atoms with Gasteiger partial charge in [-0.05, 0) is 117 Å². The topological polar surface area (TPSA) is 0 Å². The van der Waals surface area contributed by atoms with Crippen LogP contribution in [-0.4, -0.2) is 0 Å². The zero-order valence-electron chi connectivity index (χ0n) is 21.9. The van der Waals surface area contributed by atoms with Crippen molar-refractivity contribution in [3.05, 3.63) is 118 Å². The third-order valence-corrected chi connectivity index (χ3v) is 8.05. The van der Waals surface area contributed by atoms with Crippen molar-refractivity contribution in [2.24, 2.45) is 5.92 Å². The summed E-state index contributed by atoms with van der Waals surface area (Å²) in [6.07, 6.45) is 12.7. The van der Waals surface area contributed by atoms with Gasteiger partial charge in [0.2, 0.25) is 0 Å². The molecular formula is C34H40F2. The van der Waals surface area contributed by atoms with Crippen molar-refractivity contribution in [1.29, 1.82) is 0 Å². The summed E-state index contributed by atoms with van der Waals surface area (Å²) in [5.41, 5.74) is 5.27. The van der Waals surface area contributed by atoms with E-state index in [2.05, 4.69) is 61.5 Å². The van der Waals surface area contributed by atoms with E-state index < -0.39 is 0 Å². The maximum absolute atomic E-state index is 14.6. The van der Waals surface area contributed by atoms with Crippen LogP contribution in [0.15, 0.2) is 78.9 Å². The lowest BCUT2D eigenvalue weighted by Crippen LogP contribution is -2.15. The van der Waals surface area contributed by atoms with Crippen molar-refractivity contribution in [2.75, 3.05) is 0 Å². The molecule has 0 radical (unpaired) electrons. The summed E-state index contributed by atoms with van der Waals surface area (Å²) in [4.78, 5) is 0. The second kappa shape index (κ2) is 13.0. The van der Waals surface area contributed by atoms with Gasteiger partial charge in [0.1, 0.15) is 11.6 Å². The van der Waals surface area contributed by atoms with Crippen LogP contribution in [0.2, 0.25) is 0 Å². The molecule has 3 aromatic carbocycles. The minimum Gasteiger partial charge on any atom is -0.207 e. The second-order valence-corrected chi connectivity index (χ2v) is 10.7. The maximum Gasteiger partial charge on any atom is 0.129 e. The van der Waals surface area contributed by atoms with Crippen LogP contribution in [0.1, 0.15) is 92.0 Å². The van der Waals surface area contributed by atoms with Crippen LogP contribution in [0.4, 0.5) is 8.78 Å².